The number of methoxy groups -OCH3 is 1. The smallest absolute Gasteiger partial charge is 0.340 e. The summed E-state index contributed by atoms with van der Waals surface area (Å²) in [6.07, 6.45) is 0. The molecule has 0 bridgehead atoms. The molecule has 0 spiro atoms. The minimum Gasteiger partial charge on any atom is -0.465 e. The molecule has 2 rings (SSSR count). The zero-order valence-electron chi connectivity index (χ0n) is 10.8. The highest BCUT2D eigenvalue weighted by atomic mass is 32.1. The van der Waals surface area contributed by atoms with Gasteiger partial charge in [-0.1, -0.05) is 0 Å². The lowest BCUT2D eigenvalue weighted by Crippen LogP contribution is -2.07. The fraction of sp³-hybridized carbons (Fsp3) is 0.231. The molecule has 6 heteroatoms. The van der Waals surface area contributed by atoms with Crippen molar-refractivity contribution in [1.82, 2.24) is 4.98 Å². The molecule has 0 atom stereocenters. The first-order chi connectivity index (χ1) is 9.10. The van der Waals surface area contributed by atoms with E-state index in [1.165, 1.54) is 7.11 Å². The van der Waals surface area contributed by atoms with E-state index in [2.05, 4.69) is 15.0 Å². The van der Waals surface area contributed by atoms with Gasteiger partial charge in [0.25, 0.3) is 0 Å². The fourth-order valence-corrected chi connectivity index (χ4v) is 2.33. The molecule has 19 heavy (non-hydrogen) atoms. The number of ether oxygens (including phenoxy) is 1. The molecule has 0 radical (unpaired) electrons. The second-order valence-corrected chi connectivity index (χ2v) is 4.97. The molecule has 0 saturated heterocycles. The number of anilines is 2. The summed E-state index contributed by atoms with van der Waals surface area (Å²) in [6.45, 7) is 2.57. The van der Waals surface area contributed by atoms with Crippen LogP contribution in [0.5, 0.6) is 0 Å². The van der Waals surface area contributed by atoms with Crippen LogP contribution in [0.15, 0.2) is 23.6 Å². The maximum absolute atomic E-state index is 11.5. The third kappa shape index (κ3) is 3.23. The van der Waals surface area contributed by atoms with Gasteiger partial charge in [-0.3, -0.25) is 0 Å². The van der Waals surface area contributed by atoms with Gasteiger partial charge in [0.1, 0.15) is 5.01 Å². The van der Waals surface area contributed by atoms with Crippen LogP contribution in [0.25, 0.3) is 0 Å². The highest BCUT2D eigenvalue weighted by molar-refractivity contribution is 7.09. The molecule has 2 aromatic rings. The Kier molecular flexibility index (Phi) is 4.01. The molecule has 0 aliphatic heterocycles. The molecule has 0 fully saturated rings. The number of nitrogen functional groups attached to an aromatic ring is 1. The van der Waals surface area contributed by atoms with Crippen molar-refractivity contribution >= 4 is 28.7 Å². The number of esters is 1. The van der Waals surface area contributed by atoms with Crippen LogP contribution in [0.2, 0.25) is 0 Å². The van der Waals surface area contributed by atoms with Crippen molar-refractivity contribution in [3.8, 4) is 0 Å². The van der Waals surface area contributed by atoms with E-state index in [-0.39, 0.29) is 0 Å². The molecule has 3 N–H and O–H groups in total. The number of carbonyl (C=O) groups excluding carboxylic acids is 1. The van der Waals surface area contributed by atoms with Crippen LogP contribution in [-0.4, -0.2) is 18.1 Å². The van der Waals surface area contributed by atoms with Crippen LogP contribution in [0.4, 0.5) is 11.4 Å². The predicted octanol–water partition coefficient (Wildman–Crippen LogP) is 2.43. The maximum atomic E-state index is 11.5. The van der Waals surface area contributed by atoms with Crippen LogP contribution in [0.3, 0.4) is 0 Å². The molecule has 0 aliphatic rings. The van der Waals surface area contributed by atoms with Crippen LogP contribution in [0, 0.1) is 6.92 Å². The maximum Gasteiger partial charge on any atom is 0.340 e. The van der Waals surface area contributed by atoms with Gasteiger partial charge < -0.3 is 15.8 Å². The normalized spacial score (nSPS) is 10.2. The third-order valence-electron chi connectivity index (χ3n) is 2.57. The number of aromatic nitrogens is 1. The van der Waals surface area contributed by atoms with E-state index in [4.69, 9.17) is 5.73 Å². The lowest BCUT2D eigenvalue weighted by molar-refractivity contribution is 0.0602. The lowest BCUT2D eigenvalue weighted by atomic mass is 10.1. The molecular weight excluding hydrogens is 262 g/mol. The highest BCUT2D eigenvalue weighted by Crippen LogP contribution is 2.20. The molecule has 1 aromatic heterocycles. The zero-order valence-corrected chi connectivity index (χ0v) is 11.6. The Morgan fingerprint density at radius 3 is 2.95 bits per heavy atom. The molecule has 1 heterocycles. The van der Waals surface area contributed by atoms with Crippen LogP contribution >= 0.6 is 11.3 Å². The van der Waals surface area contributed by atoms with Crippen molar-refractivity contribution in [2.24, 2.45) is 0 Å². The van der Waals surface area contributed by atoms with Gasteiger partial charge in [-0.15, -0.1) is 11.3 Å². The van der Waals surface area contributed by atoms with Gasteiger partial charge in [-0.25, -0.2) is 9.78 Å². The first-order valence-corrected chi connectivity index (χ1v) is 6.61. The van der Waals surface area contributed by atoms with Gasteiger partial charge in [0.15, 0.2) is 0 Å². The Morgan fingerprint density at radius 2 is 2.32 bits per heavy atom. The largest absolute Gasteiger partial charge is 0.465 e. The number of hydrogen-bond donors (Lipinski definition) is 2. The van der Waals surface area contributed by atoms with Gasteiger partial charge in [0, 0.05) is 22.4 Å². The number of benzene rings is 1. The number of hydrogen-bond acceptors (Lipinski definition) is 6. The summed E-state index contributed by atoms with van der Waals surface area (Å²) in [4.78, 5) is 15.9. The van der Waals surface area contributed by atoms with Gasteiger partial charge >= 0.3 is 5.97 Å². The quantitative estimate of drug-likeness (QED) is 0.663. The van der Waals surface area contributed by atoms with Gasteiger partial charge in [-0.05, 0) is 25.1 Å². The van der Waals surface area contributed by atoms with Crippen molar-refractivity contribution in [3.05, 3.63) is 39.8 Å². The van der Waals surface area contributed by atoms with E-state index in [9.17, 15) is 4.79 Å². The monoisotopic (exact) mass is 277 g/mol. The standard InChI is InChI=1S/C13H15N3O2S/c1-8-7-19-12(16-8)6-15-9-3-4-11(14)10(5-9)13(17)18-2/h3-5,7,15H,6,14H2,1-2H3. The Hall–Kier alpha value is -2.08. The zero-order chi connectivity index (χ0) is 13.8. The number of thiazole rings is 1. The van der Waals surface area contributed by atoms with Crippen LogP contribution in [0.1, 0.15) is 21.1 Å². The van der Waals surface area contributed by atoms with Crippen LogP contribution in [-0.2, 0) is 11.3 Å². The number of carbonyl (C=O) groups is 1. The molecule has 5 nitrogen and oxygen atoms in total. The van der Waals surface area contributed by atoms with E-state index >= 15 is 0 Å². The summed E-state index contributed by atoms with van der Waals surface area (Å²) in [5.74, 6) is -0.439. The number of rotatable bonds is 4. The molecule has 0 unspecified atom stereocenters. The second-order valence-electron chi connectivity index (χ2n) is 4.03. The number of nitrogens with two attached hydrogens (primary N) is 1. The first-order valence-electron chi connectivity index (χ1n) is 5.73. The van der Waals surface area contributed by atoms with E-state index in [1.54, 1.807) is 23.5 Å². The van der Waals surface area contributed by atoms with Crippen molar-refractivity contribution in [1.29, 1.82) is 0 Å². The SMILES string of the molecule is COC(=O)c1cc(NCc2nc(C)cs2)ccc1N. The summed E-state index contributed by atoms with van der Waals surface area (Å²) in [5.41, 5.74) is 8.32. The average molecular weight is 277 g/mol. The molecule has 0 aliphatic carbocycles. The molecule has 0 saturated carbocycles. The molecule has 1 aromatic carbocycles. The van der Waals surface area contributed by atoms with E-state index < -0.39 is 5.97 Å². The Morgan fingerprint density at radius 1 is 1.53 bits per heavy atom. The van der Waals surface area contributed by atoms with E-state index in [0.29, 0.717) is 17.8 Å². The Labute approximate surface area is 115 Å². The van der Waals surface area contributed by atoms with E-state index in [1.807, 2.05) is 18.4 Å². The second kappa shape index (κ2) is 5.71. The number of nitrogens with one attached hydrogen (secondary N) is 1. The summed E-state index contributed by atoms with van der Waals surface area (Å²) in [5, 5.41) is 6.20. The fourth-order valence-electron chi connectivity index (χ4n) is 1.61. The number of nitrogens with zero attached hydrogens (tertiary/aromatic N) is 1. The highest BCUT2D eigenvalue weighted by Gasteiger charge is 2.10. The minimum atomic E-state index is -0.439. The van der Waals surface area contributed by atoms with Crippen molar-refractivity contribution in [3.63, 3.8) is 0 Å². The Balaban J connectivity index is 2.10. The van der Waals surface area contributed by atoms with Crippen LogP contribution < -0.4 is 11.1 Å². The average Bonchev–Trinajstić information content (AvgIpc) is 2.83. The Bertz CT molecular complexity index is 595. The lowest BCUT2D eigenvalue weighted by Gasteiger charge is -2.08. The number of aryl methyl sites for hydroxylation is 1. The summed E-state index contributed by atoms with van der Waals surface area (Å²) in [6, 6.07) is 5.19. The van der Waals surface area contributed by atoms with E-state index in [0.717, 1.165) is 16.4 Å². The molecule has 100 valence electrons. The summed E-state index contributed by atoms with van der Waals surface area (Å²) >= 11 is 1.60. The molecule has 0 amide bonds. The third-order valence-corrected chi connectivity index (χ3v) is 3.54. The van der Waals surface area contributed by atoms with Gasteiger partial charge in [0.05, 0.1) is 19.2 Å². The topological polar surface area (TPSA) is 77.2 Å². The first kappa shape index (κ1) is 13.4. The van der Waals surface area contributed by atoms with Crippen molar-refractivity contribution < 1.29 is 9.53 Å². The predicted molar refractivity (Wildman–Crippen MR) is 76.4 cm³/mol. The van der Waals surface area contributed by atoms with Gasteiger partial charge in [-0.2, -0.15) is 0 Å². The summed E-state index contributed by atoms with van der Waals surface area (Å²) < 4.78 is 4.68. The van der Waals surface area contributed by atoms with Crippen molar-refractivity contribution in [2.45, 2.75) is 13.5 Å². The molecular formula is C13H15N3O2S. The minimum absolute atomic E-state index is 0.364. The van der Waals surface area contributed by atoms with Gasteiger partial charge in [0.2, 0.25) is 0 Å². The summed E-state index contributed by atoms with van der Waals surface area (Å²) in [7, 11) is 1.33. The van der Waals surface area contributed by atoms with Crippen molar-refractivity contribution in [2.75, 3.05) is 18.2 Å².